The Kier molecular flexibility index (Phi) is 6.89. The molecule has 0 fully saturated rings. The van der Waals surface area contributed by atoms with Crippen LogP contribution in [-0.2, 0) is 9.59 Å². The van der Waals surface area contributed by atoms with E-state index in [0.29, 0.717) is 33.5 Å². The van der Waals surface area contributed by atoms with Gasteiger partial charge in [0.05, 0.1) is 30.0 Å². The second-order valence-corrected chi connectivity index (χ2v) is 8.08. The normalized spacial score (nSPS) is 12.8. The van der Waals surface area contributed by atoms with Gasteiger partial charge in [-0.15, -0.1) is 11.8 Å². The van der Waals surface area contributed by atoms with Gasteiger partial charge < -0.3 is 19.7 Å². The lowest BCUT2D eigenvalue weighted by Gasteiger charge is -2.26. The highest BCUT2D eigenvalue weighted by molar-refractivity contribution is 8.00. The topological polar surface area (TPSA) is 84.9 Å². The quantitative estimate of drug-likeness (QED) is 0.652. The molecule has 7 nitrogen and oxygen atoms in total. The number of nitrogens with one attached hydrogen (secondary N) is 1. The van der Waals surface area contributed by atoms with Crippen molar-refractivity contribution in [2.75, 3.05) is 42.5 Å². The summed E-state index contributed by atoms with van der Waals surface area (Å²) in [5.74, 6) is 0.692. The number of likely N-dealkylation sites (N-methyl/N-ethyl adjacent to an activating group) is 1. The third-order valence-corrected chi connectivity index (χ3v) is 5.93. The van der Waals surface area contributed by atoms with E-state index in [2.05, 4.69) is 5.32 Å². The number of carbonyl (C=O) groups is 3. The molecule has 3 rings (SSSR count). The largest absolute Gasteiger partial charge is 0.495 e. The van der Waals surface area contributed by atoms with E-state index < -0.39 is 0 Å². The molecule has 2 amide bonds. The fourth-order valence-electron chi connectivity index (χ4n) is 2.88. The monoisotopic (exact) mass is 448 g/mol. The van der Waals surface area contributed by atoms with Gasteiger partial charge in [0.25, 0.3) is 5.91 Å². The Morgan fingerprint density at radius 3 is 2.77 bits per heavy atom. The summed E-state index contributed by atoms with van der Waals surface area (Å²) in [6, 6.07) is 8.36. The molecule has 0 spiro atoms. The number of benzene rings is 2. The number of Topliss-reactive ketones (excluding diaryl/α,β-unsaturated/α-hetero) is 1. The van der Waals surface area contributed by atoms with E-state index in [1.807, 2.05) is 6.92 Å². The summed E-state index contributed by atoms with van der Waals surface area (Å²) in [4.78, 5) is 38.0. The molecule has 0 saturated carbocycles. The van der Waals surface area contributed by atoms with E-state index in [-0.39, 0.29) is 35.7 Å². The van der Waals surface area contributed by atoms with Crippen molar-refractivity contribution >= 4 is 52.3 Å². The molecule has 0 unspecified atom stereocenters. The van der Waals surface area contributed by atoms with E-state index in [1.54, 1.807) is 37.4 Å². The number of anilines is 2. The number of nitrogens with zero attached hydrogens (tertiary/aromatic N) is 1. The molecule has 1 aliphatic rings. The minimum atomic E-state index is -0.253. The molecule has 30 heavy (non-hydrogen) atoms. The number of aryl methyl sites for hydroxylation is 1. The summed E-state index contributed by atoms with van der Waals surface area (Å²) >= 11 is 7.28. The summed E-state index contributed by atoms with van der Waals surface area (Å²) in [5.41, 5.74) is 2.36. The standard InChI is InChI=1S/C21H21ClN2O5S/c1-12-6-15(19(28-3)8-14(12)22)23-20(26)11-30-10-17(25)13-4-5-18-16(7-13)24(2)21(27)9-29-18/h4-8H,9-11H2,1-3H3,(H,23,26). The number of rotatable bonds is 7. The van der Waals surface area contributed by atoms with E-state index in [4.69, 9.17) is 21.1 Å². The van der Waals surface area contributed by atoms with E-state index in [9.17, 15) is 14.4 Å². The van der Waals surface area contributed by atoms with Gasteiger partial charge in [-0.1, -0.05) is 11.6 Å². The Morgan fingerprint density at radius 2 is 2.03 bits per heavy atom. The van der Waals surface area contributed by atoms with Gasteiger partial charge in [-0.3, -0.25) is 14.4 Å². The molecule has 0 aliphatic carbocycles. The molecule has 1 N–H and O–H groups in total. The first-order valence-electron chi connectivity index (χ1n) is 9.08. The van der Waals surface area contributed by atoms with Gasteiger partial charge in [0.2, 0.25) is 5.91 Å². The van der Waals surface area contributed by atoms with Gasteiger partial charge >= 0.3 is 0 Å². The highest BCUT2D eigenvalue weighted by Crippen LogP contribution is 2.33. The molecule has 2 aromatic carbocycles. The average molecular weight is 449 g/mol. The second kappa shape index (κ2) is 9.40. The van der Waals surface area contributed by atoms with Crippen LogP contribution in [0.4, 0.5) is 11.4 Å². The third kappa shape index (κ3) is 4.88. The number of carbonyl (C=O) groups excluding carboxylic acids is 3. The SMILES string of the molecule is COc1cc(Cl)c(C)cc1NC(=O)CSCC(=O)c1ccc2c(c1)N(C)C(=O)CO2. The smallest absolute Gasteiger partial charge is 0.264 e. The zero-order valence-corrected chi connectivity index (χ0v) is 18.4. The van der Waals surface area contributed by atoms with Crippen molar-refractivity contribution < 1.29 is 23.9 Å². The van der Waals surface area contributed by atoms with Crippen molar-refractivity contribution in [3.05, 3.63) is 46.5 Å². The van der Waals surface area contributed by atoms with Crippen LogP contribution >= 0.6 is 23.4 Å². The molecule has 0 radical (unpaired) electrons. The van der Waals surface area contributed by atoms with Gasteiger partial charge in [0.15, 0.2) is 12.4 Å². The maximum absolute atomic E-state index is 12.5. The van der Waals surface area contributed by atoms with Crippen molar-refractivity contribution in [1.82, 2.24) is 0 Å². The van der Waals surface area contributed by atoms with Crippen molar-refractivity contribution in [2.24, 2.45) is 0 Å². The Labute approximate surface area is 183 Å². The maximum Gasteiger partial charge on any atom is 0.264 e. The summed E-state index contributed by atoms with van der Waals surface area (Å²) in [5, 5.41) is 3.33. The number of hydrogen-bond donors (Lipinski definition) is 1. The second-order valence-electron chi connectivity index (χ2n) is 6.69. The van der Waals surface area contributed by atoms with E-state index >= 15 is 0 Å². The number of ketones is 1. The molecule has 0 bridgehead atoms. The molecule has 1 heterocycles. The number of fused-ring (bicyclic) bond motifs is 1. The minimum Gasteiger partial charge on any atom is -0.495 e. The van der Waals surface area contributed by atoms with Crippen LogP contribution in [-0.4, -0.2) is 49.9 Å². The van der Waals surface area contributed by atoms with Crippen LogP contribution in [0.5, 0.6) is 11.5 Å². The van der Waals surface area contributed by atoms with Gasteiger partial charge in [0, 0.05) is 23.7 Å². The first-order valence-corrected chi connectivity index (χ1v) is 10.6. The molecular formula is C21H21ClN2O5S. The molecule has 9 heteroatoms. The average Bonchev–Trinajstić information content (AvgIpc) is 2.73. The van der Waals surface area contributed by atoms with Crippen LogP contribution in [0.2, 0.25) is 5.02 Å². The van der Waals surface area contributed by atoms with Crippen molar-refractivity contribution in [1.29, 1.82) is 0 Å². The van der Waals surface area contributed by atoms with Gasteiger partial charge in [-0.05, 0) is 36.8 Å². The predicted molar refractivity (Wildman–Crippen MR) is 118 cm³/mol. The van der Waals surface area contributed by atoms with Crippen LogP contribution in [0.15, 0.2) is 30.3 Å². The van der Waals surface area contributed by atoms with Crippen LogP contribution in [0.1, 0.15) is 15.9 Å². The van der Waals surface area contributed by atoms with E-state index in [1.165, 1.54) is 23.8 Å². The number of halogens is 1. The van der Waals surface area contributed by atoms with E-state index in [0.717, 1.165) is 5.56 Å². The van der Waals surface area contributed by atoms with Gasteiger partial charge in [-0.2, -0.15) is 0 Å². The summed E-state index contributed by atoms with van der Waals surface area (Å²) < 4.78 is 10.6. The fourth-order valence-corrected chi connectivity index (χ4v) is 3.75. The zero-order chi connectivity index (χ0) is 21.8. The molecule has 0 saturated heterocycles. The van der Waals surface area contributed by atoms with Crippen molar-refractivity contribution in [3.8, 4) is 11.5 Å². The molecule has 1 aliphatic heterocycles. The summed E-state index contributed by atoms with van der Waals surface area (Å²) in [7, 11) is 3.14. The fraction of sp³-hybridized carbons (Fsp3) is 0.286. The van der Waals surface area contributed by atoms with Crippen LogP contribution in [0.3, 0.4) is 0 Å². The Bertz CT molecular complexity index is 1010. The third-order valence-electron chi connectivity index (χ3n) is 4.59. The number of amides is 2. The number of methoxy groups -OCH3 is 1. The Morgan fingerprint density at radius 1 is 1.27 bits per heavy atom. The Balaban J connectivity index is 1.57. The molecule has 0 atom stereocenters. The van der Waals surface area contributed by atoms with Crippen LogP contribution in [0, 0.1) is 6.92 Å². The van der Waals surface area contributed by atoms with Gasteiger partial charge in [-0.25, -0.2) is 0 Å². The summed E-state index contributed by atoms with van der Waals surface area (Å²) in [6.45, 7) is 1.82. The number of ether oxygens (including phenoxy) is 2. The molecule has 0 aromatic heterocycles. The first-order chi connectivity index (χ1) is 14.3. The molecule has 2 aromatic rings. The lowest BCUT2D eigenvalue weighted by molar-refractivity contribution is -0.121. The minimum absolute atomic E-state index is 0.0142. The highest BCUT2D eigenvalue weighted by atomic mass is 35.5. The predicted octanol–water partition coefficient (Wildman–Crippen LogP) is 3.57. The molecule has 158 valence electrons. The maximum atomic E-state index is 12.5. The van der Waals surface area contributed by atoms with Crippen LogP contribution in [0.25, 0.3) is 0 Å². The lowest BCUT2D eigenvalue weighted by Crippen LogP contribution is -2.35. The van der Waals surface area contributed by atoms with Crippen molar-refractivity contribution in [3.63, 3.8) is 0 Å². The lowest BCUT2D eigenvalue weighted by atomic mass is 10.1. The first kappa shape index (κ1) is 22.0. The number of thioether (sulfide) groups is 1. The Hall–Kier alpha value is -2.71. The molecular weight excluding hydrogens is 428 g/mol. The van der Waals surface area contributed by atoms with Crippen LogP contribution < -0.4 is 19.7 Å². The van der Waals surface area contributed by atoms with Gasteiger partial charge in [0.1, 0.15) is 11.5 Å². The number of hydrogen-bond acceptors (Lipinski definition) is 6. The highest BCUT2D eigenvalue weighted by Gasteiger charge is 2.23. The zero-order valence-electron chi connectivity index (χ0n) is 16.8. The summed E-state index contributed by atoms with van der Waals surface area (Å²) in [6.07, 6.45) is 0. The van der Waals surface area contributed by atoms with Crippen molar-refractivity contribution in [2.45, 2.75) is 6.92 Å².